The van der Waals surface area contributed by atoms with E-state index < -0.39 is 0 Å². The Morgan fingerprint density at radius 1 is 1.07 bits per heavy atom. The lowest BCUT2D eigenvalue weighted by molar-refractivity contribution is -0.115. The summed E-state index contributed by atoms with van der Waals surface area (Å²) in [7, 11) is 3.09. The van der Waals surface area contributed by atoms with Gasteiger partial charge in [-0.2, -0.15) is 0 Å². The Balaban J connectivity index is 2.23. The van der Waals surface area contributed by atoms with Crippen LogP contribution in [-0.2, 0) is 11.2 Å². The second-order valence-electron chi connectivity index (χ2n) is 6.22. The van der Waals surface area contributed by atoms with Crippen molar-refractivity contribution in [1.82, 2.24) is 5.32 Å². The Morgan fingerprint density at radius 2 is 1.81 bits per heavy atom. The van der Waals surface area contributed by atoms with Gasteiger partial charge in [0.1, 0.15) is 11.5 Å². The Morgan fingerprint density at radius 3 is 2.44 bits per heavy atom. The van der Waals surface area contributed by atoms with E-state index in [9.17, 15) is 9.59 Å². The van der Waals surface area contributed by atoms with Crippen molar-refractivity contribution in [3.05, 3.63) is 52.5 Å². The number of carbonyl (C=O) groups is 2. The highest BCUT2D eigenvalue weighted by Gasteiger charge is 2.16. The molecule has 0 aliphatic rings. The summed E-state index contributed by atoms with van der Waals surface area (Å²) in [6, 6.07) is 9.95. The zero-order valence-corrected chi connectivity index (χ0v) is 16.5. The molecule has 2 rings (SSSR count). The van der Waals surface area contributed by atoms with E-state index >= 15 is 0 Å². The van der Waals surface area contributed by atoms with Crippen LogP contribution in [0.5, 0.6) is 11.5 Å². The van der Waals surface area contributed by atoms with Crippen molar-refractivity contribution in [2.75, 3.05) is 19.5 Å². The number of methoxy groups -OCH3 is 2. The number of nitrogens with one attached hydrogen (secondary N) is 2. The van der Waals surface area contributed by atoms with Gasteiger partial charge in [-0.15, -0.1) is 0 Å². The molecule has 144 valence electrons. The molecule has 0 atom stereocenters. The molecule has 0 saturated carbocycles. The molecule has 7 heteroatoms. The molecule has 27 heavy (non-hydrogen) atoms. The van der Waals surface area contributed by atoms with Crippen molar-refractivity contribution < 1.29 is 19.1 Å². The molecule has 2 aromatic carbocycles. The van der Waals surface area contributed by atoms with Gasteiger partial charge in [0.2, 0.25) is 5.91 Å². The minimum absolute atomic E-state index is 0.0298. The Labute approximate surface area is 163 Å². The van der Waals surface area contributed by atoms with Crippen LogP contribution in [0, 0.1) is 0 Å². The highest BCUT2D eigenvalue weighted by atomic mass is 35.5. The predicted molar refractivity (Wildman–Crippen MR) is 106 cm³/mol. The van der Waals surface area contributed by atoms with Gasteiger partial charge in [0.25, 0.3) is 5.91 Å². The Bertz CT molecular complexity index is 837. The van der Waals surface area contributed by atoms with E-state index in [4.69, 9.17) is 21.1 Å². The summed E-state index contributed by atoms with van der Waals surface area (Å²) >= 11 is 6.04. The largest absolute Gasteiger partial charge is 0.497 e. The molecule has 0 heterocycles. The first kappa shape index (κ1) is 20.6. The molecule has 6 nitrogen and oxygen atoms in total. The van der Waals surface area contributed by atoms with Crippen LogP contribution < -0.4 is 20.1 Å². The molecule has 0 spiro atoms. The third-order valence-electron chi connectivity index (χ3n) is 3.76. The standard InChI is InChI=1S/C20H23ClN2O4/c1-12(2)22-20(25)16-7-5-14(21)11-17(16)23-19(24)10-13-9-15(26-3)6-8-18(13)27-4/h5-9,11-12H,10H2,1-4H3,(H,22,25)(H,23,24). The van der Waals surface area contributed by atoms with Crippen LogP contribution in [-0.4, -0.2) is 32.1 Å². The number of rotatable bonds is 7. The maximum absolute atomic E-state index is 12.6. The van der Waals surface area contributed by atoms with E-state index in [2.05, 4.69) is 10.6 Å². The van der Waals surface area contributed by atoms with Gasteiger partial charge in [-0.3, -0.25) is 9.59 Å². The summed E-state index contributed by atoms with van der Waals surface area (Å²) in [6.45, 7) is 3.72. The maximum Gasteiger partial charge on any atom is 0.253 e. The van der Waals surface area contributed by atoms with Gasteiger partial charge in [-0.1, -0.05) is 11.6 Å². The number of hydrogen-bond donors (Lipinski definition) is 2. The molecule has 0 bridgehead atoms. The minimum atomic E-state index is -0.303. The third-order valence-corrected chi connectivity index (χ3v) is 3.99. The number of ether oxygens (including phenoxy) is 2. The van der Waals surface area contributed by atoms with Crippen LogP contribution in [0.2, 0.25) is 5.02 Å². The van der Waals surface area contributed by atoms with Gasteiger partial charge >= 0.3 is 0 Å². The van der Waals surface area contributed by atoms with Crippen molar-refractivity contribution in [2.45, 2.75) is 26.3 Å². The highest BCUT2D eigenvalue weighted by Crippen LogP contribution is 2.26. The normalized spacial score (nSPS) is 10.4. The van der Waals surface area contributed by atoms with Crippen LogP contribution in [0.3, 0.4) is 0 Å². The summed E-state index contributed by atoms with van der Waals surface area (Å²) < 4.78 is 10.5. The van der Waals surface area contributed by atoms with E-state index in [1.54, 1.807) is 43.5 Å². The van der Waals surface area contributed by atoms with Crippen LogP contribution in [0.1, 0.15) is 29.8 Å². The van der Waals surface area contributed by atoms with Crippen LogP contribution in [0.25, 0.3) is 0 Å². The van der Waals surface area contributed by atoms with E-state index in [1.807, 2.05) is 13.8 Å². The number of hydrogen-bond acceptors (Lipinski definition) is 4. The van der Waals surface area contributed by atoms with Gasteiger partial charge in [-0.25, -0.2) is 0 Å². The van der Waals surface area contributed by atoms with Crippen molar-refractivity contribution >= 4 is 29.1 Å². The lowest BCUT2D eigenvalue weighted by Crippen LogP contribution is -2.31. The topological polar surface area (TPSA) is 76.7 Å². The second-order valence-corrected chi connectivity index (χ2v) is 6.66. The molecule has 0 saturated heterocycles. The fourth-order valence-electron chi connectivity index (χ4n) is 2.55. The second kappa shape index (κ2) is 9.28. The van der Waals surface area contributed by atoms with E-state index in [-0.39, 0.29) is 24.3 Å². The molecule has 2 aromatic rings. The Hall–Kier alpha value is -2.73. The lowest BCUT2D eigenvalue weighted by atomic mass is 10.1. The quantitative estimate of drug-likeness (QED) is 0.756. The zero-order valence-electron chi connectivity index (χ0n) is 15.8. The van der Waals surface area contributed by atoms with E-state index in [0.717, 1.165) is 0 Å². The molecule has 0 aliphatic heterocycles. The fraction of sp³-hybridized carbons (Fsp3) is 0.300. The van der Waals surface area contributed by atoms with Gasteiger partial charge < -0.3 is 20.1 Å². The average Bonchev–Trinajstić information content (AvgIpc) is 2.60. The predicted octanol–water partition coefficient (Wildman–Crippen LogP) is 3.68. The first-order chi connectivity index (χ1) is 12.8. The van der Waals surface area contributed by atoms with Gasteiger partial charge in [0.05, 0.1) is 31.9 Å². The molecule has 2 amide bonds. The molecule has 0 fully saturated rings. The number of carbonyl (C=O) groups excluding carboxylic acids is 2. The van der Waals surface area contributed by atoms with Crippen LogP contribution >= 0.6 is 11.6 Å². The monoisotopic (exact) mass is 390 g/mol. The fourth-order valence-corrected chi connectivity index (χ4v) is 2.72. The summed E-state index contributed by atoms with van der Waals surface area (Å²) in [5, 5.41) is 5.99. The zero-order chi connectivity index (χ0) is 20.0. The van der Waals surface area contributed by atoms with Crippen molar-refractivity contribution in [3.8, 4) is 11.5 Å². The molecule has 0 aromatic heterocycles. The number of anilines is 1. The molecule has 2 N–H and O–H groups in total. The molecule has 0 aliphatic carbocycles. The first-order valence-corrected chi connectivity index (χ1v) is 8.83. The van der Waals surface area contributed by atoms with Crippen LogP contribution in [0.4, 0.5) is 5.69 Å². The van der Waals surface area contributed by atoms with Crippen molar-refractivity contribution in [3.63, 3.8) is 0 Å². The highest BCUT2D eigenvalue weighted by molar-refractivity contribution is 6.31. The van der Waals surface area contributed by atoms with E-state index in [0.29, 0.717) is 33.3 Å². The van der Waals surface area contributed by atoms with Gasteiger partial charge in [0.15, 0.2) is 0 Å². The third kappa shape index (κ3) is 5.62. The molecule has 0 unspecified atom stereocenters. The summed E-state index contributed by atoms with van der Waals surface area (Å²) in [5.74, 6) is 0.617. The molecular weight excluding hydrogens is 368 g/mol. The minimum Gasteiger partial charge on any atom is -0.497 e. The van der Waals surface area contributed by atoms with Crippen molar-refractivity contribution in [1.29, 1.82) is 0 Å². The summed E-state index contributed by atoms with van der Waals surface area (Å²) in [5.41, 5.74) is 1.37. The Kier molecular flexibility index (Phi) is 7.07. The van der Waals surface area contributed by atoms with Crippen molar-refractivity contribution in [2.24, 2.45) is 0 Å². The molecular formula is C20H23ClN2O4. The smallest absolute Gasteiger partial charge is 0.253 e. The van der Waals surface area contributed by atoms with Gasteiger partial charge in [0, 0.05) is 16.6 Å². The summed E-state index contributed by atoms with van der Waals surface area (Å²) in [4.78, 5) is 24.9. The van der Waals surface area contributed by atoms with Crippen LogP contribution in [0.15, 0.2) is 36.4 Å². The number of benzene rings is 2. The SMILES string of the molecule is COc1ccc(OC)c(CC(=O)Nc2cc(Cl)ccc2C(=O)NC(C)C)c1. The molecule has 0 radical (unpaired) electrons. The van der Waals surface area contributed by atoms with E-state index in [1.165, 1.54) is 7.11 Å². The average molecular weight is 391 g/mol. The maximum atomic E-state index is 12.6. The lowest BCUT2D eigenvalue weighted by Gasteiger charge is -2.14. The summed E-state index contributed by atoms with van der Waals surface area (Å²) in [6.07, 6.45) is 0.0537. The number of amides is 2. The number of halogens is 1. The van der Waals surface area contributed by atoms with Gasteiger partial charge in [-0.05, 0) is 50.2 Å². The first-order valence-electron chi connectivity index (χ1n) is 8.45.